The fraction of sp³-hybridized carbons (Fsp3) is 0.208. The van der Waals surface area contributed by atoms with Gasteiger partial charge in [-0.1, -0.05) is 31.2 Å². The summed E-state index contributed by atoms with van der Waals surface area (Å²) < 4.78 is 17.2. The summed E-state index contributed by atoms with van der Waals surface area (Å²) in [5.41, 5.74) is 5.36. The summed E-state index contributed by atoms with van der Waals surface area (Å²) in [5.74, 6) is 1.39. The lowest BCUT2D eigenvalue weighted by Crippen LogP contribution is -2.05. The van der Waals surface area contributed by atoms with Crippen LogP contribution in [0, 0.1) is 19.7 Å². The van der Waals surface area contributed by atoms with Gasteiger partial charge in [0.2, 0.25) is 0 Å². The molecule has 0 saturated heterocycles. The van der Waals surface area contributed by atoms with E-state index in [1.807, 2.05) is 54.7 Å². The van der Waals surface area contributed by atoms with Crippen molar-refractivity contribution in [2.24, 2.45) is 7.05 Å². The van der Waals surface area contributed by atoms with Gasteiger partial charge < -0.3 is 9.13 Å². The standard InChI is InChI=1S/C24H24FN5/c1-16-13-19(5-11-22(16)30-14-17(2)26-15-30)6-12-23-27-28-24(29(23)4)18(3)20-7-9-21(25)10-8-20/h5-15,18H,1-4H3/b12-6+/t18-/m1/s1. The van der Waals surface area contributed by atoms with Gasteiger partial charge >= 0.3 is 0 Å². The lowest BCUT2D eigenvalue weighted by atomic mass is 10.0. The summed E-state index contributed by atoms with van der Waals surface area (Å²) in [4.78, 5) is 4.30. The van der Waals surface area contributed by atoms with Crippen molar-refractivity contribution >= 4 is 12.2 Å². The Morgan fingerprint density at radius 2 is 1.77 bits per heavy atom. The van der Waals surface area contributed by atoms with Crippen molar-refractivity contribution in [3.05, 3.63) is 94.8 Å². The first kappa shape index (κ1) is 19.8. The lowest BCUT2D eigenvalue weighted by Gasteiger charge is -2.11. The third-order valence-electron chi connectivity index (χ3n) is 5.34. The van der Waals surface area contributed by atoms with Gasteiger partial charge in [-0.15, -0.1) is 10.2 Å². The normalized spacial score (nSPS) is 12.6. The van der Waals surface area contributed by atoms with E-state index in [-0.39, 0.29) is 11.7 Å². The third kappa shape index (κ3) is 3.94. The highest BCUT2D eigenvalue weighted by Crippen LogP contribution is 2.23. The van der Waals surface area contributed by atoms with Gasteiger partial charge in [-0.2, -0.15) is 0 Å². The Morgan fingerprint density at radius 1 is 1.00 bits per heavy atom. The molecule has 0 amide bonds. The van der Waals surface area contributed by atoms with Gasteiger partial charge in [0.1, 0.15) is 11.6 Å². The highest BCUT2D eigenvalue weighted by Gasteiger charge is 2.16. The Morgan fingerprint density at radius 3 is 2.43 bits per heavy atom. The number of imidazole rings is 1. The molecule has 152 valence electrons. The number of aromatic nitrogens is 5. The minimum Gasteiger partial charge on any atom is -0.314 e. The molecule has 0 N–H and O–H groups in total. The summed E-state index contributed by atoms with van der Waals surface area (Å²) in [6.45, 7) is 6.12. The van der Waals surface area contributed by atoms with E-state index in [0.717, 1.165) is 39.7 Å². The van der Waals surface area contributed by atoms with Gasteiger partial charge in [-0.25, -0.2) is 9.37 Å². The average Bonchev–Trinajstić information content (AvgIpc) is 3.32. The van der Waals surface area contributed by atoms with Crippen molar-refractivity contribution in [1.82, 2.24) is 24.3 Å². The average molecular weight is 401 g/mol. The van der Waals surface area contributed by atoms with Crippen molar-refractivity contribution < 1.29 is 4.39 Å². The first-order valence-electron chi connectivity index (χ1n) is 9.87. The number of aryl methyl sites for hydroxylation is 2. The van der Waals surface area contributed by atoms with Crippen molar-refractivity contribution in [2.45, 2.75) is 26.7 Å². The topological polar surface area (TPSA) is 48.5 Å². The Labute approximate surface area is 175 Å². The largest absolute Gasteiger partial charge is 0.314 e. The highest BCUT2D eigenvalue weighted by molar-refractivity contribution is 5.68. The van der Waals surface area contributed by atoms with Gasteiger partial charge in [-0.05, 0) is 60.9 Å². The minimum atomic E-state index is -0.239. The highest BCUT2D eigenvalue weighted by atomic mass is 19.1. The Kier molecular flexibility index (Phi) is 5.31. The first-order chi connectivity index (χ1) is 14.4. The van der Waals surface area contributed by atoms with E-state index in [2.05, 4.69) is 40.3 Å². The van der Waals surface area contributed by atoms with Crippen LogP contribution in [0.5, 0.6) is 0 Å². The number of nitrogens with zero attached hydrogens (tertiary/aromatic N) is 5. The molecular formula is C24H24FN5. The van der Waals surface area contributed by atoms with Crippen LogP contribution in [0.4, 0.5) is 4.39 Å². The fourth-order valence-electron chi connectivity index (χ4n) is 3.57. The van der Waals surface area contributed by atoms with Crippen LogP contribution in [0.15, 0.2) is 55.0 Å². The molecule has 4 rings (SSSR count). The van der Waals surface area contributed by atoms with Gasteiger partial charge in [-0.3, -0.25) is 0 Å². The molecule has 30 heavy (non-hydrogen) atoms. The van der Waals surface area contributed by atoms with E-state index in [9.17, 15) is 4.39 Å². The Balaban J connectivity index is 1.55. The third-order valence-corrected chi connectivity index (χ3v) is 5.34. The van der Waals surface area contributed by atoms with Crippen LogP contribution in [-0.2, 0) is 7.05 Å². The molecule has 1 atom stereocenters. The fourth-order valence-corrected chi connectivity index (χ4v) is 3.57. The summed E-state index contributed by atoms with van der Waals surface area (Å²) in [7, 11) is 1.95. The van der Waals surface area contributed by atoms with Crippen LogP contribution in [0.1, 0.15) is 46.9 Å². The molecule has 2 aromatic carbocycles. The van der Waals surface area contributed by atoms with Crippen molar-refractivity contribution in [2.75, 3.05) is 0 Å². The molecule has 0 aliphatic carbocycles. The van der Waals surface area contributed by atoms with Gasteiger partial charge in [0.25, 0.3) is 0 Å². The smallest absolute Gasteiger partial charge is 0.156 e. The van der Waals surface area contributed by atoms with Crippen molar-refractivity contribution in [3.8, 4) is 5.69 Å². The summed E-state index contributed by atoms with van der Waals surface area (Å²) in [6.07, 6.45) is 7.84. The zero-order valence-corrected chi connectivity index (χ0v) is 17.5. The van der Waals surface area contributed by atoms with Gasteiger partial charge in [0, 0.05) is 24.8 Å². The minimum absolute atomic E-state index is 0.0189. The zero-order chi connectivity index (χ0) is 21.3. The Bertz CT molecular complexity index is 1200. The quantitative estimate of drug-likeness (QED) is 0.469. The van der Waals surface area contributed by atoms with E-state index >= 15 is 0 Å². The monoisotopic (exact) mass is 401 g/mol. The summed E-state index contributed by atoms with van der Waals surface area (Å²) in [6, 6.07) is 12.8. The molecule has 2 aromatic heterocycles. The molecular weight excluding hydrogens is 377 g/mol. The number of benzene rings is 2. The molecule has 0 aliphatic heterocycles. The van der Waals surface area contributed by atoms with Crippen molar-refractivity contribution in [3.63, 3.8) is 0 Å². The second-order valence-corrected chi connectivity index (χ2v) is 7.55. The molecule has 6 heteroatoms. The molecule has 4 aromatic rings. The second-order valence-electron chi connectivity index (χ2n) is 7.55. The van der Waals surface area contributed by atoms with Crippen molar-refractivity contribution in [1.29, 1.82) is 0 Å². The first-order valence-corrected chi connectivity index (χ1v) is 9.87. The summed E-state index contributed by atoms with van der Waals surface area (Å²) in [5, 5.41) is 8.68. The van der Waals surface area contributed by atoms with Crippen LogP contribution in [-0.4, -0.2) is 24.3 Å². The van der Waals surface area contributed by atoms with Crippen LogP contribution < -0.4 is 0 Å². The molecule has 0 fully saturated rings. The molecule has 0 saturated carbocycles. The van der Waals surface area contributed by atoms with Gasteiger partial charge in [0.05, 0.1) is 12.0 Å². The molecule has 0 aliphatic rings. The molecule has 0 radical (unpaired) electrons. The van der Waals surface area contributed by atoms with E-state index in [1.54, 1.807) is 12.1 Å². The molecule has 5 nitrogen and oxygen atoms in total. The predicted molar refractivity (Wildman–Crippen MR) is 117 cm³/mol. The molecule has 0 unspecified atom stereocenters. The molecule has 0 spiro atoms. The van der Waals surface area contributed by atoms with Crippen LogP contribution in [0.3, 0.4) is 0 Å². The van der Waals surface area contributed by atoms with Gasteiger partial charge in [0.15, 0.2) is 5.82 Å². The van der Waals surface area contributed by atoms with E-state index in [0.29, 0.717) is 0 Å². The second kappa shape index (κ2) is 8.06. The van der Waals surface area contributed by atoms with Crippen LogP contribution in [0.25, 0.3) is 17.8 Å². The summed E-state index contributed by atoms with van der Waals surface area (Å²) >= 11 is 0. The van der Waals surface area contributed by atoms with E-state index in [4.69, 9.17) is 0 Å². The Hall–Kier alpha value is -3.54. The number of rotatable bonds is 5. The molecule has 0 bridgehead atoms. The SMILES string of the molecule is Cc1cn(-c2ccc(/C=C/c3nnc([C@H](C)c4ccc(F)cc4)n3C)cc2C)cn1. The number of hydrogen-bond acceptors (Lipinski definition) is 3. The predicted octanol–water partition coefficient (Wildman–Crippen LogP) is 5.08. The van der Waals surface area contributed by atoms with E-state index < -0.39 is 0 Å². The number of halogens is 1. The maximum Gasteiger partial charge on any atom is 0.156 e. The van der Waals surface area contributed by atoms with Crippen LogP contribution >= 0.6 is 0 Å². The molecule has 2 heterocycles. The maximum atomic E-state index is 13.2. The maximum absolute atomic E-state index is 13.2. The van der Waals surface area contributed by atoms with Crippen LogP contribution in [0.2, 0.25) is 0 Å². The van der Waals surface area contributed by atoms with E-state index in [1.165, 1.54) is 12.1 Å². The number of hydrogen-bond donors (Lipinski definition) is 0. The zero-order valence-electron chi connectivity index (χ0n) is 17.5. The lowest BCUT2D eigenvalue weighted by molar-refractivity contribution is 0.625.